The molecule has 0 saturated heterocycles. The molecule has 0 aliphatic carbocycles. The number of nitrogens with one attached hydrogen (secondary N) is 1. The Morgan fingerprint density at radius 2 is 2.25 bits per heavy atom. The molecular weight excluding hydrogens is 276 g/mol. The van der Waals surface area contributed by atoms with Gasteiger partial charge in [-0.05, 0) is 35.4 Å². The Kier molecular flexibility index (Phi) is 4.36. The van der Waals surface area contributed by atoms with Crippen LogP contribution in [0.4, 0.5) is 0 Å². The van der Waals surface area contributed by atoms with Crippen molar-refractivity contribution in [1.29, 1.82) is 0 Å². The number of Topliss-reactive ketones (excluding diaryl/α,β-unsaturated/α-hetero) is 1. The maximum Gasteiger partial charge on any atom is 0.268 e. The number of aliphatic hydroxyl groups excluding tert-OH is 1. The van der Waals surface area contributed by atoms with E-state index < -0.39 is 6.10 Å². The smallest absolute Gasteiger partial charge is 0.268 e. The zero-order chi connectivity index (χ0) is 14.7. The molecule has 2 aromatic heterocycles. The lowest BCUT2D eigenvalue weighted by molar-refractivity contribution is 0.0908. The zero-order valence-corrected chi connectivity index (χ0v) is 12.1. The molecular formula is C14H16N2O3S. The summed E-state index contributed by atoms with van der Waals surface area (Å²) in [7, 11) is 1.71. The molecule has 2 rings (SSSR count). The minimum atomic E-state index is -0.724. The molecule has 106 valence electrons. The van der Waals surface area contributed by atoms with E-state index in [1.165, 1.54) is 18.3 Å². The third-order valence-electron chi connectivity index (χ3n) is 3.03. The molecule has 1 atom stereocenters. The number of carbonyl (C=O) groups excluding carboxylic acids is 2. The van der Waals surface area contributed by atoms with Gasteiger partial charge < -0.3 is 15.0 Å². The van der Waals surface area contributed by atoms with Crippen molar-refractivity contribution in [3.8, 4) is 0 Å². The van der Waals surface area contributed by atoms with Crippen molar-refractivity contribution in [3.05, 3.63) is 45.9 Å². The normalized spacial score (nSPS) is 12.2. The maximum absolute atomic E-state index is 12.0. The van der Waals surface area contributed by atoms with Crippen molar-refractivity contribution in [1.82, 2.24) is 9.88 Å². The number of hydrogen-bond donors (Lipinski definition) is 2. The van der Waals surface area contributed by atoms with E-state index in [0.717, 1.165) is 5.56 Å². The highest BCUT2D eigenvalue weighted by atomic mass is 32.1. The molecule has 6 heteroatoms. The van der Waals surface area contributed by atoms with E-state index in [4.69, 9.17) is 0 Å². The molecule has 2 N–H and O–H groups in total. The van der Waals surface area contributed by atoms with Gasteiger partial charge in [0.2, 0.25) is 0 Å². The van der Waals surface area contributed by atoms with Gasteiger partial charge in [0.05, 0.1) is 6.10 Å². The first-order valence-corrected chi connectivity index (χ1v) is 7.09. The van der Waals surface area contributed by atoms with Gasteiger partial charge in [0.15, 0.2) is 5.78 Å². The van der Waals surface area contributed by atoms with Gasteiger partial charge in [0.25, 0.3) is 5.91 Å². The van der Waals surface area contributed by atoms with Crippen LogP contribution >= 0.6 is 11.3 Å². The fourth-order valence-electron chi connectivity index (χ4n) is 1.85. The largest absolute Gasteiger partial charge is 0.387 e. The van der Waals surface area contributed by atoms with Crippen molar-refractivity contribution in [2.45, 2.75) is 13.0 Å². The molecule has 0 aliphatic heterocycles. The summed E-state index contributed by atoms with van der Waals surface area (Å²) in [6, 6.07) is 3.37. The number of amides is 1. The summed E-state index contributed by atoms with van der Waals surface area (Å²) in [5.74, 6) is -0.396. The standard InChI is InChI=1S/C14H16N2O3S/c1-9(17)11-5-12(16(2)7-11)14(19)15-6-13(18)10-3-4-20-8-10/h3-5,7-8,13,18H,6H2,1-2H3,(H,15,19). The second kappa shape index (κ2) is 6.02. The highest BCUT2D eigenvalue weighted by molar-refractivity contribution is 7.07. The molecule has 0 spiro atoms. The Labute approximate surface area is 120 Å². The molecule has 1 unspecified atom stereocenters. The van der Waals surface area contributed by atoms with E-state index in [0.29, 0.717) is 11.3 Å². The first-order chi connectivity index (χ1) is 9.49. The molecule has 0 saturated carbocycles. The van der Waals surface area contributed by atoms with Gasteiger partial charge in [-0.15, -0.1) is 0 Å². The van der Waals surface area contributed by atoms with E-state index in [2.05, 4.69) is 5.32 Å². The number of ketones is 1. The number of carbonyl (C=O) groups is 2. The fraction of sp³-hybridized carbons (Fsp3) is 0.286. The van der Waals surface area contributed by atoms with Gasteiger partial charge in [-0.3, -0.25) is 9.59 Å². The Bertz CT molecular complexity index is 616. The van der Waals surface area contributed by atoms with Gasteiger partial charge in [-0.25, -0.2) is 0 Å². The SMILES string of the molecule is CC(=O)c1cc(C(=O)NCC(O)c2ccsc2)n(C)c1. The van der Waals surface area contributed by atoms with Crippen LogP contribution < -0.4 is 5.32 Å². The van der Waals surface area contributed by atoms with Crippen molar-refractivity contribution >= 4 is 23.0 Å². The molecule has 2 aromatic rings. The molecule has 0 aliphatic rings. The highest BCUT2D eigenvalue weighted by Gasteiger charge is 2.15. The molecule has 20 heavy (non-hydrogen) atoms. The van der Waals surface area contributed by atoms with Crippen LogP contribution in [0.15, 0.2) is 29.1 Å². The Morgan fingerprint density at radius 3 is 2.80 bits per heavy atom. The second-order valence-electron chi connectivity index (χ2n) is 4.56. The number of aryl methyl sites for hydroxylation is 1. The maximum atomic E-state index is 12.0. The first-order valence-electron chi connectivity index (χ1n) is 6.14. The summed E-state index contributed by atoms with van der Waals surface area (Å²) in [5.41, 5.74) is 1.68. The predicted molar refractivity (Wildman–Crippen MR) is 77.0 cm³/mol. The average Bonchev–Trinajstić information content (AvgIpc) is 3.04. The molecule has 0 fully saturated rings. The second-order valence-corrected chi connectivity index (χ2v) is 5.34. The van der Waals surface area contributed by atoms with Crippen molar-refractivity contribution in [3.63, 3.8) is 0 Å². The number of aromatic nitrogens is 1. The third kappa shape index (κ3) is 3.15. The van der Waals surface area contributed by atoms with E-state index in [1.54, 1.807) is 23.9 Å². The van der Waals surface area contributed by atoms with Gasteiger partial charge >= 0.3 is 0 Å². The number of nitrogens with zero attached hydrogens (tertiary/aromatic N) is 1. The number of hydrogen-bond acceptors (Lipinski definition) is 4. The quantitative estimate of drug-likeness (QED) is 0.825. The fourth-order valence-corrected chi connectivity index (χ4v) is 2.55. The first kappa shape index (κ1) is 14.5. The number of thiophene rings is 1. The monoisotopic (exact) mass is 292 g/mol. The minimum Gasteiger partial charge on any atom is -0.387 e. The van der Waals surface area contributed by atoms with Crippen LogP contribution in [0.3, 0.4) is 0 Å². The van der Waals surface area contributed by atoms with Crippen molar-refractivity contribution in [2.24, 2.45) is 7.05 Å². The highest BCUT2D eigenvalue weighted by Crippen LogP contribution is 2.15. The Balaban J connectivity index is 2.00. The van der Waals surface area contributed by atoms with E-state index in [9.17, 15) is 14.7 Å². The van der Waals surface area contributed by atoms with Crippen LogP contribution in [0, 0.1) is 0 Å². The number of rotatable bonds is 5. The summed E-state index contributed by atoms with van der Waals surface area (Å²) >= 11 is 1.49. The van der Waals surface area contributed by atoms with Gasteiger partial charge in [-0.1, -0.05) is 0 Å². The van der Waals surface area contributed by atoms with Gasteiger partial charge in [0, 0.05) is 25.4 Å². The van der Waals surface area contributed by atoms with Crippen molar-refractivity contribution in [2.75, 3.05) is 6.54 Å². The lowest BCUT2D eigenvalue weighted by Crippen LogP contribution is -2.29. The third-order valence-corrected chi connectivity index (χ3v) is 3.73. The van der Waals surface area contributed by atoms with Crippen LogP contribution in [-0.4, -0.2) is 27.9 Å². The van der Waals surface area contributed by atoms with E-state index in [1.807, 2.05) is 16.8 Å². The van der Waals surface area contributed by atoms with Crippen LogP contribution in [0.5, 0.6) is 0 Å². The Morgan fingerprint density at radius 1 is 1.50 bits per heavy atom. The van der Waals surface area contributed by atoms with Crippen LogP contribution in [0.2, 0.25) is 0 Å². The molecule has 5 nitrogen and oxygen atoms in total. The topological polar surface area (TPSA) is 71.3 Å². The van der Waals surface area contributed by atoms with Crippen LogP contribution in [-0.2, 0) is 7.05 Å². The molecule has 0 radical (unpaired) electrons. The average molecular weight is 292 g/mol. The van der Waals surface area contributed by atoms with E-state index in [-0.39, 0.29) is 18.2 Å². The van der Waals surface area contributed by atoms with Crippen LogP contribution in [0.1, 0.15) is 39.4 Å². The molecule has 1 amide bonds. The van der Waals surface area contributed by atoms with Gasteiger partial charge in [-0.2, -0.15) is 11.3 Å². The summed E-state index contributed by atoms with van der Waals surface area (Å²) in [4.78, 5) is 23.3. The van der Waals surface area contributed by atoms with E-state index >= 15 is 0 Å². The summed E-state index contributed by atoms with van der Waals surface area (Å²) in [5, 5.41) is 16.3. The molecule has 2 heterocycles. The van der Waals surface area contributed by atoms with Gasteiger partial charge in [0.1, 0.15) is 5.69 Å². The molecule has 0 bridgehead atoms. The summed E-state index contributed by atoms with van der Waals surface area (Å²) in [6.45, 7) is 1.59. The lowest BCUT2D eigenvalue weighted by atomic mass is 10.2. The van der Waals surface area contributed by atoms with Crippen molar-refractivity contribution < 1.29 is 14.7 Å². The predicted octanol–water partition coefficient (Wildman–Crippen LogP) is 1.75. The lowest BCUT2D eigenvalue weighted by Gasteiger charge is -2.10. The Hall–Kier alpha value is -1.92. The number of aliphatic hydroxyl groups is 1. The minimum absolute atomic E-state index is 0.0852. The molecule has 0 aromatic carbocycles. The summed E-state index contributed by atoms with van der Waals surface area (Å²) in [6.07, 6.45) is 0.893. The summed E-state index contributed by atoms with van der Waals surface area (Å²) < 4.78 is 1.60. The zero-order valence-electron chi connectivity index (χ0n) is 11.3. The van der Waals surface area contributed by atoms with Crippen LogP contribution in [0.25, 0.3) is 0 Å².